The summed E-state index contributed by atoms with van der Waals surface area (Å²) < 4.78 is 16.2. The number of benzene rings is 1. The van der Waals surface area contributed by atoms with Gasteiger partial charge in [0, 0.05) is 25.7 Å². The zero-order valence-corrected chi connectivity index (χ0v) is 12.1. The molecule has 1 aliphatic rings. The number of rotatable bonds is 6. The zero-order valence-electron chi connectivity index (χ0n) is 12.1. The summed E-state index contributed by atoms with van der Waals surface area (Å²) in [4.78, 5) is 13.9. The molecule has 0 atom stereocenters. The summed E-state index contributed by atoms with van der Waals surface area (Å²) in [5, 5.41) is 0. The van der Waals surface area contributed by atoms with Crippen molar-refractivity contribution in [3.8, 4) is 11.5 Å². The molecule has 1 aliphatic heterocycles. The van der Waals surface area contributed by atoms with E-state index < -0.39 is 0 Å². The normalized spacial score (nSPS) is 15.9. The van der Waals surface area contributed by atoms with E-state index in [1.165, 1.54) is 6.92 Å². The molecule has 20 heavy (non-hydrogen) atoms. The molecule has 5 heteroatoms. The maximum absolute atomic E-state index is 11.6. The number of carbonyl (C=O) groups excluding carboxylic acids is 1. The van der Waals surface area contributed by atoms with Crippen LogP contribution in [0.4, 0.5) is 0 Å². The Bertz CT molecular complexity index is 455. The number of nitrogens with zero attached hydrogens (tertiary/aromatic N) is 1. The highest BCUT2D eigenvalue weighted by molar-refractivity contribution is 5.97. The molecule has 0 aromatic heterocycles. The van der Waals surface area contributed by atoms with Crippen LogP contribution < -0.4 is 9.47 Å². The number of ether oxygens (including phenoxy) is 3. The first-order chi connectivity index (χ1) is 9.70. The molecule has 1 aromatic carbocycles. The molecule has 110 valence electrons. The molecular formula is C15H21NO4. The highest BCUT2D eigenvalue weighted by Crippen LogP contribution is 2.25. The van der Waals surface area contributed by atoms with Gasteiger partial charge in [-0.3, -0.25) is 9.69 Å². The molecule has 1 heterocycles. The maximum Gasteiger partial charge on any atom is 0.163 e. The van der Waals surface area contributed by atoms with Gasteiger partial charge in [0.15, 0.2) is 5.78 Å². The minimum Gasteiger partial charge on any atom is -0.497 e. The number of Topliss-reactive ketones (excluding diaryl/α,β-unsaturated/α-hetero) is 1. The van der Waals surface area contributed by atoms with Gasteiger partial charge in [0.25, 0.3) is 0 Å². The van der Waals surface area contributed by atoms with Gasteiger partial charge in [0.1, 0.15) is 18.1 Å². The lowest BCUT2D eigenvalue weighted by molar-refractivity contribution is 0.0322. The Balaban J connectivity index is 1.94. The first kappa shape index (κ1) is 14.8. The molecule has 0 spiro atoms. The van der Waals surface area contributed by atoms with Crippen LogP contribution in [0.2, 0.25) is 0 Å². The highest BCUT2D eigenvalue weighted by Gasteiger charge is 2.12. The largest absolute Gasteiger partial charge is 0.497 e. The summed E-state index contributed by atoms with van der Waals surface area (Å²) in [6.07, 6.45) is 0. The minimum atomic E-state index is -0.00553. The summed E-state index contributed by atoms with van der Waals surface area (Å²) in [6, 6.07) is 5.27. The second kappa shape index (κ2) is 7.26. The van der Waals surface area contributed by atoms with E-state index in [-0.39, 0.29) is 5.78 Å². The van der Waals surface area contributed by atoms with Crippen LogP contribution in [0, 0.1) is 0 Å². The average molecular weight is 279 g/mol. The molecule has 0 unspecified atom stereocenters. The lowest BCUT2D eigenvalue weighted by Gasteiger charge is -2.26. The highest BCUT2D eigenvalue weighted by atomic mass is 16.5. The molecular weight excluding hydrogens is 258 g/mol. The second-order valence-corrected chi connectivity index (χ2v) is 4.72. The SMILES string of the molecule is COc1ccc(C(C)=O)c(OCCN2CCOCC2)c1. The average Bonchev–Trinajstić information content (AvgIpc) is 2.48. The van der Waals surface area contributed by atoms with E-state index in [1.54, 1.807) is 25.3 Å². The van der Waals surface area contributed by atoms with E-state index in [9.17, 15) is 4.79 Å². The zero-order chi connectivity index (χ0) is 14.4. The Morgan fingerprint density at radius 1 is 1.35 bits per heavy atom. The third-order valence-corrected chi connectivity index (χ3v) is 3.34. The lowest BCUT2D eigenvalue weighted by Crippen LogP contribution is -2.38. The third-order valence-electron chi connectivity index (χ3n) is 3.34. The van der Waals surface area contributed by atoms with E-state index in [0.29, 0.717) is 23.7 Å². The van der Waals surface area contributed by atoms with Crippen molar-refractivity contribution in [2.75, 3.05) is 46.6 Å². The fraction of sp³-hybridized carbons (Fsp3) is 0.533. The van der Waals surface area contributed by atoms with Crippen LogP contribution in [0.1, 0.15) is 17.3 Å². The number of methoxy groups -OCH3 is 1. The van der Waals surface area contributed by atoms with Crippen LogP contribution in [0.3, 0.4) is 0 Å². The van der Waals surface area contributed by atoms with E-state index in [2.05, 4.69) is 4.90 Å². The fourth-order valence-corrected chi connectivity index (χ4v) is 2.15. The molecule has 0 amide bonds. The first-order valence-corrected chi connectivity index (χ1v) is 6.82. The molecule has 5 nitrogen and oxygen atoms in total. The quantitative estimate of drug-likeness (QED) is 0.740. The topological polar surface area (TPSA) is 48.0 Å². The van der Waals surface area contributed by atoms with Crippen LogP contribution in [0.25, 0.3) is 0 Å². The molecule has 1 aromatic rings. The van der Waals surface area contributed by atoms with Gasteiger partial charge in [-0.15, -0.1) is 0 Å². The van der Waals surface area contributed by atoms with E-state index in [4.69, 9.17) is 14.2 Å². The lowest BCUT2D eigenvalue weighted by atomic mass is 10.1. The van der Waals surface area contributed by atoms with E-state index >= 15 is 0 Å². The Hall–Kier alpha value is -1.59. The molecule has 0 N–H and O–H groups in total. The third kappa shape index (κ3) is 3.95. The van der Waals surface area contributed by atoms with Crippen molar-refractivity contribution in [3.05, 3.63) is 23.8 Å². The van der Waals surface area contributed by atoms with Crippen LogP contribution >= 0.6 is 0 Å². The van der Waals surface area contributed by atoms with Gasteiger partial charge in [0.2, 0.25) is 0 Å². The number of hydrogen-bond acceptors (Lipinski definition) is 5. The molecule has 0 radical (unpaired) electrons. The van der Waals surface area contributed by atoms with Crippen LogP contribution in [-0.4, -0.2) is 57.2 Å². The van der Waals surface area contributed by atoms with E-state index in [1.807, 2.05) is 0 Å². The van der Waals surface area contributed by atoms with Crippen molar-refractivity contribution in [2.24, 2.45) is 0 Å². The van der Waals surface area contributed by atoms with Crippen molar-refractivity contribution in [3.63, 3.8) is 0 Å². The van der Waals surface area contributed by atoms with Crippen molar-refractivity contribution < 1.29 is 19.0 Å². The number of morpholine rings is 1. The van der Waals surface area contributed by atoms with Gasteiger partial charge >= 0.3 is 0 Å². The first-order valence-electron chi connectivity index (χ1n) is 6.82. The second-order valence-electron chi connectivity index (χ2n) is 4.72. The Morgan fingerprint density at radius 2 is 2.10 bits per heavy atom. The maximum atomic E-state index is 11.6. The van der Waals surface area contributed by atoms with Crippen molar-refractivity contribution in [1.29, 1.82) is 0 Å². The molecule has 2 rings (SSSR count). The summed E-state index contributed by atoms with van der Waals surface area (Å²) in [5.41, 5.74) is 0.591. The Labute approximate surface area is 119 Å². The van der Waals surface area contributed by atoms with Crippen molar-refractivity contribution in [1.82, 2.24) is 4.90 Å². The van der Waals surface area contributed by atoms with Gasteiger partial charge in [-0.1, -0.05) is 0 Å². The predicted molar refractivity (Wildman–Crippen MR) is 75.8 cm³/mol. The monoisotopic (exact) mass is 279 g/mol. The van der Waals surface area contributed by atoms with Crippen LogP contribution in [-0.2, 0) is 4.74 Å². The molecule has 0 bridgehead atoms. The van der Waals surface area contributed by atoms with Gasteiger partial charge in [-0.25, -0.2) is 0 Å². The van der Waals surface area contributed by atoms with Crippen molar-refractivity contribution >= 4 is 5.78 Å². The summed E-state index contributed by atoms with van der Waals surface area (Å²) in [5.74, 6) is 1.27. The van der Waals surface area contributed by atoms with Gasteiger partial charge in [-0.05, 0) is 19.1 Å². The molecule has 1 saturated heterocycles. The number of ketones is 1. The van der Waals surface area contributed by atoms with Gasteiger partial charge in [-0.2, -0.15) is 0 Å². The molecule has 0 saturated carbocycles. The Kier molecular flexibility index (Phi) is 5.38. The van der Waals surface area contributed by atoms with E-state index in [0.717, 1.165) is 32.8 Å². The summed E-state index contributed by atoms with van der Waals surface area (Å²) >= 11 is 0. The minimum absolute atomic E-state index is 0.00553. The summed E-state index contributed by atoms with van der Waals surface area (Å²) in [7, 11) is 1.60. The van der Waals surface area contributed by atoms with Crippen LogP contribution in [0.5, 0.6) is 11.5 Å². The Morgan fingerprint density at radius 3 is 2.75 bits per heavy atom. The number of hydrogen-bond donors (Lipinski definition) is 0. The van der Waals surface area contributed by atoms with Gasteiger partial charge in [0.05, 0.1) is 25.9 Å². The van der Waals surface area contributed by atoms with Crippen LogP contribution in [0.15, 0.2) is 18.2 Å². The fourth-order valence-electron chi connectivity index (χ4n) is 2.15. The number of carbonyl (C=O) groups is 1. The molecule has 1 fully saturated rings. The molecule has 0 aliphatic carbocycles. The standard InChI is InChI=1S/C15H21NO4/c1-12(17)14-4-3-13(18-2)11-15(14)20-10-7-16-5-8-19-9-6-16/h3-4,11H,5-10H2,1-2H3. The summed E-state index contributed by atoms with van der Waals surface area (Å²) in [6.45, 7) is 6.33. The smallest absolute Gasteiger partial charge is 0.163 e. The predicted octanol–water partition coefficient (Wildman–Crippen LogP) is 1.61. The van der Waals surface area contributed by atoms with Crippen molar-refractivity contribution in [2.45, 2.75) is 6.92 Å². The van der Waals surface area contributed by atoms with Gasteiger partial charge < -0.3 is 14.2 Å².